The van der Waals surface area contributed by atoms with Crippen LogP contribution in [0.1, 0.15) is 31.4 Å². The SMILES string of the molecule is Cc1ccc(S(=O)(=O)NC(CC(C)C)C(=O)Nc2cc(C(F)(F)F)c[nH]c2=O)cc1. The molecule has 1 heterocycles. The third-order valence-corrected chi connectivity index (χ3v) is 5.63. The number of hydrogen-bond acceptors (Lipinski definition) is 4. The molecule has 1 aromatic carbocycles. The van der Waals surface area contributed by atoms with E-state index in [-0.39, 0.29) is 17.2 Å². The summed E-state index contributed by atoms with van der Waals surface area (Å²) in [7, 11) is -4.08. The molecule has 2 rings (SSSR count). The van der Waals surface area contributed by atoms with Gasteiger partial charge >= 0.3 is 6.18 Å². The minimum absolute atomic E-state index is 0.0633. The Morgan fingerprint density at radius 3 is 2.30 bits per heavy atom. The average Bonchev–Trinajstić information content (AvgIpc) is 2.61. The van der Waals surface area contributed by atoms with Gasteiger partial charge in [-0.3, -0.25) is 9.59 Å². The minimum atomic E-state index is -4.73. The van der Waals surface area contributed by atoms with E-state index >= 15 is 0 Å². The maximum Gasteiger partial charge on any atom is 0.417 e. The fourth-order valence-electron chi connectivity index (χ4n) is 2.61. The third kappa shape index (κ3) is 6.17. The van der Waals surface area contributed by atoms with E-state index in [9.17, 15) is 31.2 Å². The van der Waals surface area contributed by atoms with Gasteiger partial charge in [0.25, 0.3) is 5.56 Å². The average molecular weight is 445 g/mol. The van der Waals surface area contributed by atoms with Gasteiger partial charge in [-0.25, -0.2) is 8.42 Å². The summed E-state index contributed by atoms with van der Waals surface area (Å²) in [6, 6.07) is 5.13. The van der Waals surface area contributed by atoms with Crippen LogP contribution < -0.4 is 15.6 Å². The predicted octanol–water partition coefficient (Wildman–Crippen LogP) is 3.03. The highest BCUT2D eigenvalue weighted by Gasteiger charge is 2.32. The summed E-state index contributed by atoms with van der Waals surface area (Å²) in [5, 5.41) is 2.10. The minimum Gasteiger partial charge on any atom is -0.327 e. The zero-order valence-electron chi connectivity index (χ0n) is 16.5. The number of hydrogen-bond donors (Lipinski definition) is 3. The normalized spacial score (nSPS) is 13.3. The molecule has 0 spiro atoms. The fourth-order valence-corrected chi connectivity index (χ4v) is 3.82. The molecule has 30 heavy (non-hydrogen) atoms. The standard InChI is InChI=1S/C19H22F3N3O4S/c1-11(2)8-16(25-30(28,29)14-6-4-12(3)5-7-14)18(27)24-15-9-13(19(20,21)22)10-23-17(15)26/h4-7,9-11,16,25H,8H2,1-3H3,(H,23,26)(H,24,27). The lowest BCUT2D eigenvalue weighted by atomic mass is 10.0. The van der Waals surface area contributed by atoms with Gasteiger partial charge in [0.05, 0.1) is 10.5 Å². The van der Waals surface area contributed by atoms with Gasteiger partial charge in [-0.15, -0.1) is 0 Å². The smallest absolute Gasteiger partial charge is 0.327 e. The predicted molar refractivity (Wildman–Crippen MR) is 105 cm³/mol. The summed E-state index contributed by atoms with van der Waals surface area (Å²) in [4.78, 5) is 26.3. The Bertz CT molecular complexity index is 1060. The molecule has 0 saturated carbocycles. The second-order valence-electron chi connectivity index (χ2n) is 7.23. The van der Waals surface area contributed by atoms with E-state index in [1.165, 1.54) is 12.1 Å². The van der Waals surface area contributed by atoms with Crippen molar-refractivity contribution in [1.29, 1.82) is 0 Å². The zero-order chi connectivity index (χ0) is 22.7. The summed E-state index contributed by atoms with van der Waals surface area (Å²) >= 11 is 0. The number of pyridine rings is 1. The van der Waals surface area contributed by atoms with Gasteiger partial charge < -0.3 is 10.3 Å². The fraction of sp³-hybridized carbons (Fsp3) is 0.368. The second kappa shape index (κ2) is 9.00. The number of aromatic amines is 1. The summed E-state index contributed by atoms with van der Waals surface area (Å²) in [6.45, 7) is 5.28. The molecule has 164 valence electrons. The largest absolute Gasteiger partial charge is 0.417 e. The van der Waals surface area contributed by atoms with Crippen LogP contribution in [0.25, 0.3) is 0 Å². The summed E-state index contributed by atoms with van der Waals surface area (Å²) in [5.74, 6) is -1.06. The number of aryl methyl sites for hydroxylation is 1. The molecule has 0 bridgehead atoms. The highest BCUT2D eigenvalue weighted by Crippen LogP contribution is 2.29. The number of H-pyrrole nitrogens is 1. The van der Waals surface area contributed by atoms with Crippen LogP contribution in [0.2, 0.25) is 0 Å². The Labute approximate surface area is 171 Å². The lowest BCUT2D eigenvalue weighted by molar-refractivity contribution is -0.137. The molecule has 3 N–H and O–H groups in total. The Morgan fingerprint density at radius 1 is 1.17 bits per heavy atom. The lowest BCUT2D eigenvalue weighted by Gasteiger charge is -2.20. The van der Waals surface area contributed by atoms with Crippen LogP contribution in [-0.4, -0.2) is 25.4 Å². The number of anilines is 1. The first-order valence-electron chi connectivity index (χ1n) is 8.99. The Hall–Kier alpha value is -2.66. The van der Waals surface area contributed by atoms with Gasteiger partial charge in [-0.05, 0) is 37.5 Å². The van der Waals surface area contributed by atoms with Crippen LogP contribution in [0.15, 0.2) is 46.2 Å². The highest BCUT2D eigenvalue weighted by molar-refractivity contribution is 7.89. The van der Waals surface area contributed by atoms with Crippen molar-refractivity contribution in [1.82, 2.24) is 9.71 Å². The molecule has 0 aliphatic carbocycles. The van der Waals surface area contributed by atoms with Gasteiger partial charge in [-0.1, -0.05) is 31.5 Å². The quantitative estimate of drug-likeness (QED) is 0.609. The van der Waals surface area contributed by atoms with E-state index in [1.807, 2.05) is 4.98 Å². The van der Waals surface area contributed by atoms with Crippen LogP contribution in [0, 0.1) is 12.8 Å². The number of benzene rings is 1. The zero-order valence-corrected chi connectivity index (χ0v) is 17.3. The number of alkyl halides is 3. The number of carbonyl (C=O) groups excluding carboxylic acids is 1. The number of aromatic nitrogens is 1. The van der Waals surface area contributed by atoms with Crippen molar-refractivity contribution in [2.45, 2.75) is 44.3 Å². The number of rotatable bonds is 7. The molecule has 0 saturated heterocycles. The molecule has 2 aromatic rings. The van der Waals surface area contributed by atoms with Crippen molar-refractivity contribution < 1.29 is 26.4 Å². The molecular formula is C19H22F3N3O4S. The monoisotopic (exact) mass is 445 g/mol. The van der Waals surface area contributed by atoms with E-state index in [0.717, 1.165) is 5.56 Å². The van der Waals surface area contributed by atoms with Gasteiger partial charge in [-0.2, -0.15) is 17.9 Å². The Balaban J connectivity index is 2.30. The first-order valence-corrected chi connectivity index (χ1v) is 10.5. The van der Waals surface area contributed by atoms with Crippen molar-refractivity contribution in [2.24, 2.45) is 5.92 Å². The molecule has 1 unspecified atom stereocenters. The van der Waals surface area contributed by atoms with E-state index in [1.54, 1.807) is 32.9 Å². The summed E-state index contributed by atoms with van der Waals surface area (Å²) in [5.41, 5.74) is -1.88. The maximum absolute atomic E-state index is 12.9. The van der Waals surface area contributed by atoms with Crippen LogP contribution >= 0.6 is 0 Å². The van der Waals surface area contributed by atoms with Gasteiger partial charge in [0, 0.05) is 6.20 Å². The number of nitrogens with one attached hydrogen (secondary N) is 3. The van der Waals surface area contributed by atoms with Crippen molar-refractivity contribution >= 4 is 21.6 Å². The molecule has 0 radical (unpaired) electrons. The molecule has 7 nitrogen and oxygen atoms in total. The first-order chi connectivity index (χ1) is 13.8. The van der Waals surface area contributed by atoms with Crippen LogP contribution in [0.3, 0.4) is 0 Å². The topological polar surface area (TPSA) is 108 Å². The van der Waals surface area contributed by atoms with Crippen LogP contribution in [0.4, 0.5) is 18.9 Å². The lowest BCUT2D eigenvalue weighted by Crippen LogP contribution is -2.45. The summed E-state index contributed by atoms with van der Waals surface area (Å²) in [6.07, 6.45) is -4.18. The van der Waals surface area contributed by atoms with E-state index in [0.29, 0.717) is 12.3 Å². The number of sulfonamides is 1. The Morgan fingerprint density at radius 2 is 1.77 bits per heavy atom. The number of carbonyl (C=O) groups is 1. The Kier molecular flexibility index (Phi) is 7.09. The van der Waals surface area contributed by atoms with Gasteiger partial charge in [0.2, 0.25) is 15.9 Å². The molecule has 0 aliphatic rings. The number of amides is 1. The summed E-state index contributed by atoms with van der Waals surface area (Å²) < 4.78 is 66.2. The van der Waals surface area contributed by atoms with E-state index in [2.05, 4.69) is 10.0 Å². The van der Waals surface area contributed by atoms with Gasteiger partial charge in [0.15, 0.2) is 0 Å². The van der Waals surface area contributed by atoms with Crippen LogP contribution in [-0.2, 0) is 21.0 Å². The third-order valence-electron chi connectivity index (χ3n) is 4.14. The van der Waals surface area contributed by atoms with E-state index < -0.39 is 45.0 Å². The van der Waals surface area contributed by atoms with Crippen molar-refractivity contribution in [3.8, 4) is 0 Å². The molecule has 1 atom stereocenters. The van der Waals surface area contributed by atoms with Crippen molar-refractivity contribution in [3.63, 3.8) is 0 Å². The van der Waals surface area contributed by atoms with Crippen LogP contribution in [0.5, 0.6) is 0 Å². The molecule has 1 aromatic heterocycles. The second-order valence-corrected chi connectivity index (χ2v) is 8.95. The maximum atomic E-state index is 12.9. The molecule has 0 aliphatic heterocycles. The van der Waals surface area contributed by atoms with Crippen molar-refractivity contribution in [3.05, 3.63) is 58.0 Å². The molecule has 11 heteroatoms. The highest BCUT2D eigenvalue weighted by atomic mass is 32.2. The molecule has 1 amide bonds. The number of halogens is 3. The van der Waals surface area contributed by atoms with Gasteiger partial charge in [0.1, 0.15) is 11.7 Å². The van der Waals surface area contributed by atoms with Crippen molar-refractivity contribution in [2.75, 3.05) is 5.32 Å². The first kappa shape index (κ1) is 23.6. The molecular weight excluding hydrogens is 423 g/mol. The molecule has 0 fully saturated rings. The van der Waals surface area contributed by atoms with E-state index in [4.69, 9.17) is 0 Å².